The van der Waals surface area contributed by atoms with E-state index in [1.807, 2.05) is 0 Å². The van der Waals surface area contributed by atoms with Gasteiger partial charge in [0.15, 0.2) is 0 Å². The molecule has 16 heavy (non-hydrogen) atoms. The van der Waals surface area contributed by atoms with Gasteiger partial charge in [0, 0.05) is 8.95 Å². The van der Waals surface area contributed by atoms with Crippen molar-refractivity contribution in [3.8, 4) is 5.75 Å². The second-order valence-electron chi connectivity index (χ2n) is 2.63. The van der Waals surface area contributed by atoms with E-state index in [-0.39, 0.29) is 11.3 Å². The smallest absolute Gasteiger partial charge is 0.387 e. The van der Waals surface area contributed by atoms with Crippen LogP contribution in [-0.2, 0) is 4.74 Å². The molecule has 0 atom stereocenters. The minimum atomic E-state index is -2.91. The van der Waals surface area contributed by atoms with E-state index in [2.05, 4.69) is 41.3 Å². The van der Waals surface area contributed by atoms with E-state index in [9.17, 15) is 13.6 Å². The van der Waals surface area contributed by atoms with Crippen LogP contribution in [0.3, 0.4) is 0 Å². The molecule has 0 radical (unpaired) electrons. The van der Waals surface area contributed by atoms with E-state index in [1.54, 1.807) is 0 Å². The molecule has 1 rings (SSSR count). The number of ether oxygens (including phenoxy) is 2. The Morgan fingerprint density at radius 1 is 1.31 bits per heavy atom. The molecule has 7 heteroatoms. The van der Waals surface area contributed by atoms with Crippen molar-refractivity contribution >= 4 is 37.8 Å². The fourth-order valence-corrected chi connectivity index (χ4v) is 2.49. The van der Waals surface area contributed by atoms with Crippen LogP contribution in [0.1, 0.15) is 10.4 Å². The molecule has 0 heterocycles. The van der Waals surface area contributed by atoms with Gasteiger partial charge in [0.1, 0.15) is 5.75 Å². The van der Waals surface area contributed by atoms with Gasteiger partial charge in [-0.15, -0.1) is 0 Å². The first-order valence-corrected chi connectivity index (χ1v) is 5.56. The predicted molar refractivity (Wildman–Crippen MR) is 59.8 cm³/mol. The first-order chi connectivity index (χ1) is 7.45. The summed E-state index contributed by atoms with van der Waals surface area (Å²) in [7, 11) is 1.23. The zero-order valence-electron chi connectivity index (χ0n) is 7.97. The summed E-state index contributed by atoms with van der Waals surface area (Å²) in [5, 5.41) is 0. The van der Waals surface area contributed by atoms with Crippen molar-refractivity contribution in [2.75, 3.05) is 7.11 Å². The third kappa shape index (κ3) is 3.15. The lowest BCUT2D eigenvalue weighted by Crippen LogP contribution is -2.06. The van der Waals surface area contributed by atoms with Gasteiger partial charge in [-0.2, -0.15) is 8.78 Å². The van der Waals surface area contributed by atoms with Crippen molar-refractivity contribution in [2.24, 2.45) is 0 Å². The Balaban J connectivity index is 3.12. The molecule has 88 valence electrons. The highest BCUT2D eigenvalue weighted by atomic mass is 79.9. The quantitative estimate of drug-likeness (QED) is 0.773. The second-order valence-corrected chi connectivity index (χ2v) is 4.34. The van der Waals surface area contributed by atoms with Crippen molar-refractivity contribution in [2.45, 2.75) is 6.61 Å². The summed E-state index contributed by atoms with van der Waals surface area (Å²) >= 11 is 6.15. The Bertz CT molecular complexity index is 387. The summed E-state index contributed by atoms with van der Waals surface area (Å²) < 4.78 is 33.3. The van der Waals surface area contributed by atoms with Gasteiger partial charge >= 0.3 is 12.6 Å². The van der Waals surface area contributed by atoms with Crippen molar-refractivity contribution in [3.05, 3.63) is 26.6 Å². The lowest BCUT2D eigenvalue weighted by molar-refractivity contribution is -0.0499. The molecule has 0 unspecified atom stereocenters. The minimum Gasteiger partial charge on any atom is -0.465 e. The second kappa shape index (κ2) is 5.58. The van der Waals surface area contributed by atoms with Gasteiger partial charge in [0.05, 0.1) is 12.7 Å². The maximum Gasteiger partial charge on any atom is 0.387 e. The van der Waals surface area contributed by atoms with Crippen LogP contribution in [0.15, 0.2) is 21.1 Å². The maximum atomic E-state index is 12.0. The summed E-state index contributed by atoms with van der Waals surface area (Å²) in [6.07, 6.45) is 0. The van der Waals surface area contributed by atoms with E-state index >= 15 is 0 Å². The molecule has 0 aromatic heterocycles. The highest BCUT2D eigenvalue weighted by Crippen LogP contribution is 2.32. The highest BCUT2D eigenvalue weighted by molar-refractivity contribution is 9.11. The van der Waals surface area contributed by atoms with E-state index < -0.39 is 12.6 Å². The average Bonchev–Trinajstić information content (AvgIpc) is 2.15. The number of benzene rings is 1. The average molecular weight is 360 g/mol. The number of carbonyl (C=O) groups is 1. The number of alkyl halides is 2. The molecule has 0 saturated heterocycles. The highest BCUT2D eigenvalue weighted by Gasteiger charge is 2.17. The molecule has 3 nitrogen and oxygen atoms in total. The first kappa shape index (κ1) is 13.4. The third-order valence-electron chi connectivity index (χ3n) is 1.63. The van der Waals surface area contributed by atoms with Gasteiger partial charge < -0.3 is 9.47 Å². The van der Waals surface area contributed by atoms with Crippen LogP contribution in [0, 0.1) is 0 Å². The maximum absolute atomic E-state index is 12.0. The molecule has 0 fully saturated rings. The topological polar surface area (TPSA) is 35.5 Å². The number of carbonyl (C=O) groups excluding carboxylic acids is 1. The molecule has 0 amide bonds. The van der Waals surface area contributed by atoms with Gasteiger partial charge in [-0.1, -0.05) is 0 Å². The van der Waals surface area contributed by atoms with E-state index in [0.717, 1.165) is 0 Å². The summed E-state index contributed by atoms with van der Waals surface area (Å²) in [6.45, 7) is -2.91. The number of hydrogen-bond acceptors (Lipinski definition) is 3. The molecule has 1 aromatic rings. The van der Waals surface area contributed by atoms with Gasteiger partial charge in [-0.05, 0) is 44.0 Å². The Morgan fingerprint density at radius 3 is 2.19 bits per heavy atom. The van der Waals surface area contributed by atoms with E-state index in [1.165, 1.54) is 19.2 Å². The number of halogens is 4. The third-order valence-corrected chi connectivity index (χ3v) is 2.88. The van der Waals surface area contributed by atoms with Crippen molar-refractivity contribution < 1.29 is 23.0 Å². The van der Waals surface area contributed by atoms with Crippen LogP contribution in [0.4, 0.5) is 8.78 Å². The molecule has 1 aromatic carbocycles. The van der Waals surface area contributed by atoms with Crippen molar-refractivity contribution in [3.63, 3.8) is 0 Å². The molecule has 0 saturated carbocycles. The Kier molecular flexibility index (Phi) is 4.67. The molecule has 0 aliphatic carbocycles. The summed E-state index contributed by atoms with van der Waals surface area (Å²) in [5.74, 6) is -0.635. The van der Waals surface area contributed by atoms with Gasteiger partial charge in [-0.25, -0.2) is 4.79 Å². The lowest BCUT2D eigenvalue weighted by atomic mass is 10.2. The van der Waals surface area contributed by atoms with Crippen LogP contribution in [-0.4, -0.2) is 19.7 Å². The molecular weight excluding hydrogens is 354 g/mol. The zero-order valence-corrected chi connectivity index (χ0v) is 11.1. The van der Waals surface area contributed by atoms with Crippen LogP contribution < -0.4 is 4.74 Å². The molecular formula is C9H6Br2F2O3. The SMILES string of the molecule is COC(=O)c1c(Br)cc(OC(F)F)cc1Br. The van der Waals surface area contributed by atoms with Gasteiger partial charge in [-0.3, -0.25) is 0 Å². The first-order valence-electron chi connectivity index (χ1n) is 3.98. The molecule has 0 aliphatic rings. The van der Waals surface area contributed by atoms with Crippen molar-refractivity contribution in [1.82, 2.24) is 0 Å². The van der Waals surface area contributed by atoms with Crippen LogP contribution in [0.2, 0.25) is 0 Å². The number of hydrogen-bond donors (Lipinski definition) is 0. The fourth-order valence-electron chi connectivity index (χ4n) is 1.02. The Hall–Kier alpha value is -0.690. The molecule has 0 aliphatic heterocycles. The Labute approximate surface area is 107 Å². The largest absolute Gasteiger partial charge is 0.465 e. The number of rotatable bonds is 3. The van der Waals surface area contributed by atoms with Crippen LogP contribution >= 0.6 is 31.9 Å². The zero-order chi connectivity index (χ0) is 12.3. The fraction of sp³-hybridized carbons (Fsp3) is 0.222. The van der Waals surface area contributed by atoms with Gasteiger partial charge in [0.2, 0.25) is 0 Å². The lowest BCUT2D eigenvalue weighted by Gasteiger charge is -2.09. The molecule has 0 spiro atoms. The number of esters is 1. The van der Waals surface area contributed by atoms with E-state index in [0.29, 0.717) is 8.95 Å². The van der Waals surface area contributed by atoms with Crippen LogP contribution in [0.25, 0.3) is 0 Å². The van der Waals surface area contributed by atoms with Gasteiger partial charge in [0.25, 0.3) is 0 Å². The monoisotopic (exact) mass is 358 g/mol. The summed E-state index contributed by atoms with van der Waals surface area (Å²) in [6, 6.07) is 2.53. The molecule has 0 bridgehead atoms. The van der Waals surface area contributed by atoms with E-state index in [4.69, 9.17) is 0 Å². The predicted octanol–water partition coefficient (Wildman–Crippen LogP) is 3.60. The standard InChI is InChI=1S/C9H6Br2F2O3/c1-15-8(14)7-5(10)2-4(3-6(7)11)16-9(12)13/h2-3,9H,1H3. The summed E-state index contributed by atoms with van der Waals surface area (Å²) in [5.41, 5.74) is 0.212. The summed E-state index contributed by atoms with van der Waals surface area (Å²) in [4.78, 5) is 11.3. The Morgan fingerprint density at radius 2 is 1.81 bits per heavy atom. The van der Waals surface area contributed by atoms with Crippen molar-refractivity contribution in [1.29, 1.82) is 0 Å². The number of methoxy groups -OCH3 is 1. The minimum absolute atomic E-state index is 0.0543. The normalized spacial score (nSPS) is 10.4. The molecule has 0 N–H and O–H groups in total. The van der Waals surface area contributed by atoms with Crippen LogP contribution in [0.5, 0.6) is 5.75 Å².